The first-order chi connectivity index (χ1) is 8.52. The van der Waals surface area contributed by atoms with E-state index in [1.807, 2.05) is 19.9 Å². The molecule has 0 saturated carbocycles. The van der Waals surface area contributed by atoms with Crippen LogP contribution in [0.1, 0.15) is 18.3 Å². The van der Waals surface area contributed by atoms with Gasteiger partial charge in [-0.05, 0) is 31.5 Å². The summed E-state index contributed by atoms with van der Waals surface area (Å²) in [5, 5.41) is 1.16. The monoisotopic (exact) mass is 281 g/mol. The number of halogens is 2. The van der Waals surface area contributed by atoms with E-state index >= 15 is 0 Å². The maximum atomic E-state index is 6.20. The first kappa shape index (κ1) is 13.1. The lowest BCUT2D eigenvalue weighted by atomic mass is 10.1. The quantitative estimate of drug-likeness (QED) is 0.908. The normalized spacial score (nSPS) is 10.7. The fourth-order valence-corrected chi connectivity index (χ4v) is 2.21. The van der Waals surface area contributed by atoms with Gasteiger partial charge in [0.25, 0.3) is 0 Å². The number of aromatic nitrogens is 2. The molecule has 2 N–H and O–H groups in total. The van der Waals surface area contributed by atoms with E-state index in [2.05, 4.69) is 9.97 Å². The molecule has 0 radical (unpaired) electrons. The summed E-state index contributed by atoms with van der Waals surface area (Å²) in [6.07, 6.45) is 0.742. The van der Waals surface area contributed by atoms with Gasteiger partial charge in [0.05, 0.1) is 22.1 Å². The van der Waals surface area contributed by atoms with E-state index in [0.717, 1.165) is 23.4 Å². The molecule has 0 saturated heterocycles. The minimum absolute atomic E-state index is 0.459. The highest BCUT2D eigenvalue weighted by Gasteiger charge is 2.13. The Labute approximate surface area is 116 Å². The van der Waals surface area contributed by atoms with Crippen molar-refractivity contribution in [3.05, 3.63) is 39.6 Å². The summed E-state index contributed by atoms with van der Waals surface area (Å²) in [6, 6.07) is 5.34. The van der Waals surface area contributed by atoms with Crippen LogP contribution in [0.25, 0.3) is 11.3 Å². The van der Waals surface area contributed by atoms with Gasteiger partial charge in [-0.15, -0.1) is 0 Å². The Morgan fingerprint density at radius 3 is 2.56 bits per heavy atom. The molecule has 0 fully saturated rings. The molecule has 5 heteroatoms. The van der Waals surface area contributed by atoms with Crippen molar-refractivity contribution in [2.45, 2.75) is 20.3 Å². The molecule has 2 rings (SSSR count). The first-order valence-corrected chi connectivity index (χ1v) is 6.37. The molecule has 2 aromatic rings. The van der Waals surface area contributed by atoms with Crippen molar-refractivity contribution in [1.82, 2.24) is 9.97 Å². The number of nitrogens with zero attached hydrogens (tertiary/aromatic N) is 2. The largest absolute Gasteiger partial charge is 0.382 e. The molecule has 1 heterocycles. The average Bonchev–Trinajstić information content (AvgIpc) is 2.32. The van der Waals surface area contributed by atoms with E-state index in [9.17, 15) is 0 Å². The maximum absolute atomic E-state index is 6.20. The van der Waals surface area contributed by atoms with Crippen LogP contribution in [0.3, 0.4) is 0 Å². The number of hydrogen-bond acceptors (Lipinski definition) is 3. The van der Waals surface area contributed by atoms with Crippen LogP contribution in [-0.4, -0.2) is 9.97 Å². The van der Waals surface area contributed by atoms with Crippen molar-refractivity contribution in [2.75, 3.05) is 5.73 Å². The number of hydrogen-bond donors (Lipinski definition) is 1. The second-order valence-corrected chi connectivity index (χ2v) is 4.81. The Bertz CT molecular complexity index is 597. The summed E-state index contributed by atoms with van der Waals surface area (Å²) in [5.41, 5.74) is 8.91. The molecule has 0 spiro atoms. The Balaban J connectivity index is 2.66. The van der Waals surface area contributed by atoms with E-state index in [-0.39, 0.29) is 0 Å². The summed E-state index contributed by atoms with van der Waals surface area (Å²) in [6.45, 7) is 3.83. The van der Waals surface area contributed by atoms with Gasteiger partial charge in [-0.1, -0.05) is 30.1 Å². The molecule has 0 aliphatic carbocycles. The lowest BCUT2D eigenvalue weighted by molar-refractivity contribution is 0.992. The van der Waals surface area contributed by atoms with Crippen LogP contribution in [-0.2, 0) is 6.42 Å². The Morgan fingerprint density at radius 1 is 1.22 bits per heavy atom. The predicted molar refractivity (Wildman–Crippen MR) is 76.0 cm³/mol. The average molecular weight is 282 g/mol. The van der Waals surface area contributed by atoms with Gasteiger partial charge in [0.2, 0.25) is 0 Å². The first-order valence-electron chi connectivity index (χ1n) is 5.61. The van der Waals surface area contributed by atoms with E-state index in [0.29, 0.717) is 21.6 Å². The Hall–Kier alpha value is -1.32. The minimum atomic E-state index is 0.459. The van der Waals surface area contributed by atoms with Crippen LogP contribution in [0.5, 0.6) is 0 Å². The van der Waals surface area contributed by atoms with Crippen LogP contribution in [0.15, 0.2) is 18.2 Å². The van der Waals surface area contributed by atoms with Gasteiger partial charge in [0.1, 0.15) is 5.82 Å². The molecule has 0 amide bonds. The molecule has 94 valence electrons. The maximum Gasteiger partial charge on any atom is 0.145 e. The van der Waals surface area contributed by atoms with E-state index in [4.69, 9.17) is 28.9 Å². The molecule has 18 heavy (non-hydrogen) atoms. The van der Waals surface area contributed by atoms with Crippen molar-refractivity contribution in [3.8, 4) is 11.3 Å². The molecule has 0 bridgehead atoms. The third-order valence-corrected chi connectivity index (χ3v) is 3.25. The lowest BCUT2D eigenvalue weighted by Gasteiger charge is -2.11. The topological polar surface area (TPSA) is 51.8 Å². The second kappa shape index (κ2) is 5.12. The predicted octanol–water partition coefficient (Wildman–Crippen LogP) is 3.90. The molecule has 0 aliphatic rings. The molecule has 3 nitrogen and oxygen atoms in total. The summed E-state index contributed by atoms with van der Waals surface area (Å²) in [5.74, 6) is 0.459. The lowest BCUT2D eigenvalue weighted by Crippen LogP contribution is -2.04. The molecular weight excluding hydrogens is 269 g/mol. The van der Waals surface area contributed by atoms with Crippen LogP contribution >= 0.6 is 23.2 Å². The Morgan fingerprint density at radius 2 is 1.94 bits per heavy atom. The fraction of sp³-hybridized carbons (Fsp3) is 0.231. The number of nitrogens with two attached hydrogens (primary N) is 1. The number of anilines is 1. The van der Waals surface area contributed by atoms with Gasteiger partial charge in [0.15, 0.2) is 0 Å². The smallest absolute Gasteiger partial charge is 0.145 e. The number of nitrogen functional groups attached to an aromatic ring is 1. The van der Waals surface area contributed by atoms with Gasteiger partial charge in [-0.2, -0.15) is 0 Å². The third kappa shape index (κ3) is 2.42. The highest BCUT2D eigenvalue weighted by molar-refractivity contribution is 6.36. The highest BCUT2D eigenvalue weighted by atomic mass is 35.5. The van der Waals surface area contributed by atoms with Gasteiger partial charge < -0.3 is 5.73 Å². The van der Waals surface area contributed by atoms with Gasteiger partial charge >= 0.3 is 0 Å². The summed E-state index contributed by atoms with van der Waals surface area (Å²) < 4.78 is 0. The van der Waals surface area contributed by atoms with E-state index in [1.165, 1.54) is 0 Å². The molecule has 1 aromatic heterocycles. The summed E-state index contributed by atoms with van der Waals surface area (Å²) >= 11 is 12.1. The van der Waals surface area contributed by atoms with Crippen LogP contribution in [0.4, 0.5) is 5.82 Å². The minimum Gasteiger partial charge on any atom is -0.382 e. The van der Waals surface area contributed by atoms with Crippen molar-refractivity contribution in [2.24, 2.45) is 0 Å². The van der Waals surface area contributed by atoms with Crippen LogP contribution < -0.4 is 5.73 Å². The molecule has 1 aromatic carbocycles. The van der Waals surface area contributed by atoms with Gasteiger partial charge in [0, 0.05) is 10.6 Å². The standard InChI is InChI=1S/C13H13Cl2N3/c1-3-11-12(17-7(2)13(16)18-11)9-5-4-8(14)6-10(9)15/h4-6H,3H2,1-2H3,(H2,16,18). The van der Waals surface area contributed by atoms with E-state index < -0.39 is 0 Å². The highest BCUT2D eigenvalue weighted by Crippen LogP contribution is 2.31. The van der Waals surface area contributed by atoms with Crippen molar-refractivity contribution in [1.29, 1.82) is 0 Å². The zero-order valence-electron chi connectivity index (χ0n) is 10.2. The van der Waals surface area contributed by atoms with Crippen LogP contribution in [0, 0.1) is 6.92 Å². The zero-order valence-corrected chi connectivity index (χ0v) is 11.7. The SMILES string of the molecule is CCc1nc(N)c(C)nc1-c1ccc(Cl)cc1Cl. The third-order valence-electron chi connectivity index (χ3n) is 2.70. The van der Waals surface area contributed by atoms with Gasteiger partial charge in [-0.25, -0.2) is 9.97 Å². The Kier molecular flexibility index (Phi) is 3.73. The number of aryl methyl sites for hydroxylation is 2. The number of benzene rings is 1. The van der Waals surface area contributed by atoms with Crippen molar-refractivity contribution >= 4 is 29.0 Å². The van der Waals surface area contributed by atoms with E-state index in [1.54, 1.807) is 12.1 Å². The van der Waals surface area contributed by atoms with Crippen molar-refractivity contribution in [3.63, 3.8) is 0 Å². The molecule has 0 aliphatic heterocycles. The summed E-state index contributed by atoms with van der Waals surface area (Å²) in [7, 11) is 0. The van der Waals surface area contributed by atoms with Gasteiger partial charge in [-0.3, -0.25) is 0 Å². The summed E-state index contributed by atoms with van der Waals surface area (Å²) in [4.78, 5) is 8.84. The second-order valence-electron chi connectivity index (χ2n) is 3.97. The molecule has 0 unspecified atom stereocenters. The van der Waals surface area contributed by atoms with Crippen molar-refractivity contribution < 1.29 is 0 Å². The molecule has 0 atom stereocenters. The number of rotatable bonds is 2. The van der Waals surface area contributed by atoms with Crippen LogP contribution in [0.2, 0.25) is 10.0 Å². The molecular formula is C13H13Cl2N3. The zero-order chi connectivity index (χ0) is 13.3. The fourth-order valence-electron chi connectivity index (χ4n) is 1.71.